The molecule has 4 rings (SSSR count). The number of nitro groups is 1. The predicted molar refractivity (Wildman–Crippen MR) is 117 cm³/mol. The molecule has 1 atom stereocenters. The Hall–Kier alpha value is -4.04. The number of benzene rings is 3. The van der Waals surface area contributed by atoms with Crippen LogP contribution in [0.5, 0.6) is 0 Å². The molecular formula is C22H15ClN4O4. The largest absolute Gasteiger partial charge is 0.322 e. The highest BCUT2D eigenvalue weighted by atomic mass is 35.5. The van der Waals surface area contributed by atoms with E-state index in [-0.39, 0.29) is 11.3 Å². The smallest absolute Gasteiger partial charge is 0.282 e. The van der Waals surface area contributed by atoms with Gasteiger partial charge >= 0.3 is 0 Å². The average Bonchev–Trinajstić information content (AvgIpc) is 2.90. The molecule has 2 amide bonds. The molecule has 1 unspecified atom stereocenters. The Balaban J connectivity index is 1.76. The minimum atomic E-state index is -1.31. The van der Waals surface area contributed by atoms with Crippen molar-refractivity contribution in [3.63, 3.8) is 0 Å². The number of hydrogen-bond donors (Lipinski definition) is 2. The number of hydrogen-bond acceptors (Lipinski definition) is 5. The first-order valence-corrected chi connectivity index (χ1v) is 9.60. The second-order valence-corrected chi connectivity index (χ2v) is 7.11. The maximum absolute atomic E-state index is 12.8. The molecule has 0 radical (unpaired) electrons. The van der Waals surface area contributed by atoms with Crippen LogP contribution in [0.2, 0.25) is 5.02 Å². The van der Waals surface area contributed by atoms with E-state index in [0.717, 1.165) is 0 Å². The Morgan fingerprint density at radius 1 is 1.06 bits per heavy atom. The van der Waals surface area contributed by atoms with Crippen molar-refractivity contribution in [1.29, 1.82) is 0 Å². The van der Waals surface area contributed by atoms with Crippen LogP contribution in [0, 0.1) is 10.1 Å². The van der Waals surface area contributed by atoms with Gasteiger partial charge in [0.1, 0.15) is 5.56 Å². The van der Waals surface area contributed by atoms with Gasteiger partial charge in [-0.05, 0) is 24.3 Å². The molecule has 8 nitrogen and oxygen atoms in total. The van der Waals surface area contributed by atoms with Crippen molar-refractivity contribution < 1.29 is 14.5 Å². The van der Waals surface area contributed by atoms with E-state index in [2.05, 4.69) is 15.6 Å². The highest BCUT2D eigenvalue weighted by molar-refractivity contribution is 6.31. The fraction of sp³-hybridized carbons (Fsp3) is 0.0455. The summed E-state index contributed by atoms with van der Waals surface area (Å²) in [4.78, 5) is 40.7. The van der Waals surface area contributed by atoms with Crippen LogP contribution >= 0.6 is 11.6 Å². The van der Waals surface area contributed by atoms with E-state index in [1.54, 1.807) is 48.5 Å². The third kappa shape index (κ3) is 4.15. The van der Waals surface area contributed by atoms with E-state index >= 15 is 0 Å². The summed E-state index contributed by atoms with van der Waals surface area (Å²) in [5.41, 5.74) is 1.75. The summed E-state index contributed by atoms with van der Waals surface area (Å²) in [5, 5.41) is 17.0. The average molecular weight is 435 g/mol. The van der Waals surface area contributed by atoms with E-state index < -0.39 is 22.9 Å². The van der Waals surface area contributed by atoms with Crippen LogP contribution < -0.4 is 10.6 Å². The van der Waals surface area contributed by atoms with Gasteiger partial charge in [0, 0.05) is 22.2 Å². The van der Waals surface area contributed by atoms with Crippen molar-refractivity contribution in [2.75, 3.05) is 5.32 Å². The molecule has 3 aromatic rings. The fourth-order valence-corrected chi connectivity index (χ4v) is 3.44. The molecule has 1 aliphatic heterocycles. The van der Waals surface area contributed by atoms with Crippen LogP contribution in [0.15, 0.2) is 77.8 Å². The van der Waals surface area contributed by atoms with Crippen molar-refractivity contribution in [3.05, 3.63) is 105 Å². The zero-order valence-electron chi connectivity index (χ0n) is 15.9. The van der Waals surface area contributed by atoms with E-state index in [9.17, 15) is 19.7 Å². The van der Waals surface area contributed by atoms with Crippen LogP contribution in [0.1, 0.15) is 21.5 Å². The Bertz CT molecular complexity index is 1240. The van der Waals surface area contributed by atoms with E-state index in [0.29, 0.717) is 27.5 Å². The lowest BCUT2D eigenvalue weighted by molar-refractivity contribution is -0.385. The van der Waals surface area contributed by atoms with Gasteiger partial charge in [0.25, 0.3) is 17.5 Å². The molecule has 0 saturated heterocycles. The second-order valence-electron chi connectivity index (χ2n) is 6.67. The highest BCUT2D eigenvalue weighted by Gasteiger charge is 2.29. The standard InChI is InChI=1S/C22H15ClN4O4/c23-14-7-5-6-13(12-14)19-15-8-1-3-10-17(15)24-22(29)20(25-19)26-21(28)16-9-2-4-11-18(16)27(30)31/h1-12,20H,(H,24,29)(H,26,28). The number of halogens is 1. The molecule has 1 aliphatic rings. The van der Waals surface area contributed by atoms with Gasteiger partial charge in [-0.15, -0.1) is 0 Å². The normalized spacial score (nSPS) is 15.2. The number of aliphatic imine (C=N–C) groups is 1. The third-order valence-corrected chi connectivity index (χ3v) is 4.89. The van der Waals surface area contributed by atoms with Crippen LogP contribution in [0.25, 0.3) is 0 Å². The number of benzodiazepines with no additional fused rings is 1. The van der Waals surface area contributed by atoms with Gasteiger partial charge in [-0.1, -0.05) is 54.1 Å². The van der Waals surface area contributed by atoms with E-state index in [1.807, 2.05) is 0 Å². The zero-order chi connectivity index (χ0) is 22.0. The molecule has 2 N–H and O–H groups in total. The Morgan fingerprint density at radius 2 is 1.81 bits per heavy atom. The minimum absolute atomic E-state index is 0.165. The Kier molecular flexibility index (Phi) is 5.46. The summed E-state index contributed by atoms with van der Waals surface area (Å²) in [5.74, 6) is -1.36. The van der Waals surface area contributed by atoms with E-state index in [4.69, 9.17) is 11.6 Å². The molecule has 9 heteroatoms. The van der Waals surface area contributed by atoms with Gasteiger partial charge in [-0.25, -0.2) is 4.99 Å². The first kappa shape index (κ1) is 20.2. The molecule has 1 heterocycles. The molecule has 3 aromatic carbocycles. The molecule has 0 aromatic heterocycles. The number of amides is 2. The van der Waals surface area contributed by atoms with Crippen molar-refractivity contribution in [2.24, 2.45) is 4.99 Å². The summed E-state index contributed by atoms with van der Waals surface area (Å²) < 4.78 is 0. The molecule has 31 heavy (non-hydrogen) atoms. The van der Waals surface area contributed by atoms with E-state index in [1.165, 1.54) is 24.3 Å². The summed E-state index contributed by atoms with van der Waals surface area (Å²) in [6.07, 6.45) is -1.31. The number of carbonyl (C=O) groups is 2. The Morgan fingerprint density at radius 3 is 2.58 bits per heavy atom. The van der Waals surface area contributed by atoms with Crippen molar-refractivity contribution in [2.45, 2.75) is 6.17 Å². The number of rotatable bonds is 4. The molecule has 0 spiro atoms. The number of nitrogens with one attached hydrogen (secondary N) is 2. The molecule has 0 saturated carbocycles. The first-order valence-electron chi connectivity index (χ1n) is 9.22. The lowest BCUT2D eigenvalue weighted by Crippen LogP contribution is -2.42. The monoisotopic (exact) mass is 434 g/mol. The SMILES string of the molecule is O=C(NC1N=C(c2cccc(Cl)c2)c2ccccc2NC1=O)c1ccccc1[N+](=O)[O-]. The number of fused-ring (bicyclic) bond motifs is 1. The van der Waals surface area contributed by atoms with Gasteiger partial charge in [0.2, 0.25) is 6.17 Å². The molecule has 0 bridgehead atoms. The summed E-state index contributed by atoms with van der Waals surface area (Å²) >= 11 is 6.14. The fourth-order valence-electron chi connectivity index (χ4n) is 3.25. The third-order valence-electron chi connectivity index (χ3n) is 4.66. The van der Waals surface area contributed by atoms with Crippen molar-refractivity contribution >= 4 is 40.5 Å². The topological polar surface area (TPSA) is 114 Å². The predicted octanol–water partition coefficient (Wildman–Crippen LogP) is 3.79. The van der Waals surface area contributed by atoms with Crippen LogP contribution in [0.4, 0.5) is 11.4 Å². The van der Waals surface area contributed by atoms with Gasteiger partial charge in [0.15, 0.2) is 0 Å². The summed E-state index contributed by atoms with van der Waals surface area (Å²) in [6, 6.07) is 19.5. The lowest BCUT2D eigenvalue weighted by Gasteiger charge is -2.13. The number of para-hydroxylation sites is 2. The minimum Gasteiger partial charge on any atom is -0.322 e. The number of anilines is 1. The molecule has 154 valence electrons. The highest BCUT2D eigenvalue weighted by Crippen LogP contribution is 2.25. The lowest BCUT2D eigenvalue weighted by atomic mass is 10.0. The molecule has 0 aliphatic carbocycles. The molecular weight excluding hydrogens is 420 g/mol. The van der Waals surface area contributed by atoms with Crippen molar-refractivity contribution in [1.82, 2.24) is 5.32 Å². The van der Waals surface area contributed by atoms with Gasteiger partial charge in [-0.3, -0.25) is 19.7 Å². The number of nitrogens with zero attached hydrogens (tertiary/aromatic N) is 2. The quantitative estimate of drug-likeness (QED) is 0.480. The van der Waals surface area contributed by atoms with Gasteiger partial charge in [0.05, 0.1) is 16.3 Å². The van der Waals surface area contributed by atoms with Gasteiger partial charge < -0.3 is 10.6 Å². The maximum atomic E-state index is 12.8. The second kappa shape index (κ2) is 8.37. The maximum Gasteiger partial charge on any atom is 0.282 e. The van der Waals surface area contributed by atoms with Crippen LogP contribution in [-0.4, -0.2) is 28.6 Å². The number of nitro benzene ring substituents is 1. The summed E-state index contributed by atoms with van der Waals surface area (Å²) in [6.45, 7) is 0. The summed E-state index contributed by atoms with van der Waals surface area (Å²) in [7, 11) is 0. The number of carbonyl (C=O) groups excluding carboxylic acids is 2. The van der Waals surface area contributed by atoms with Crippen LogP contribution in [-0.2, 0) is 4.79 Å². The van der Waals surface area contributed by atoms with Crippen molar-refractivity contribution in [3.8, 4) is 0 Å². The first-order chi connectivity index (χ1) is 14.9. The molecule has 0 fully saturated rings. The zero-order valence-corrected chi connectivity index (χ0v) is 16.7. The van der Waals surface area contributed by atoms with Gasteiger partial charge in [-0.2, -0.15) is 0 Å². The Labute approximate surface area is 181 Å². The van der Waals surface area contributed by atoms with Crippen LogP contribution in [0.3, 0.4) is 0 Å².